The van der Waals surface area contributed by atoms with Gasteiger partial charge in [-0.3, -0.25) is 0 Å². The van der Waals surface area contributed by atoms with Crippen LogP contribution in [-0.4, -0.2) is 37.9 Å². The third-order valence-electron chi connectivity index (χ3n) is 2.87. The number of nitrogens with one attached hydrogen (secondary N) is 1. The third kappa shape index (κ3) is 4.59. The standard InChI is InChI=1S/C12H14F3NO2S2/c13-12(14,15)8-19-11-4-2-1-3-10(11)16-9-5-6-20(17,18)7-9/h1-4,9,16H,5-8H2. The Morgan fingerprint density at radius 1 is 1.30 bits per heavy atom. The molecule has 0 aromatic heterocycles. The maximum atomic E-state index is 12.3. The van der Waals surface area contributed by atoms with Crippen molar-refractivity contribution in [2.45, 2.75) is 23.5 Å². The summed E-state index contributed by atoms with van der Waals surface area (Å²) in [5.74, 6) is -0.803. The molecule has 1 fully saturated rings. The van der Waals surface area contributed by atoms with Crippen LogP contribution in [0.25, 0.3) is 0 Å². The fraction of sp³-hybridized carbons (Fsp3) is 0.500. The lowest BCUT2D eigenvalue weighted by Gasteiger charge is -2.16. The van der Waals surface area contributed by atoms with E-state index in [0.29, 0.717) is 28.8 Å². The second kappa shape index (κ2) is 5.85. The molecule has 1 saturated heterocycles. The molecule has 0 saturated carbocycles. The highest BCUT2D eigenvalue weighted by atomic mass is 32.2. The first-order chi connectivity index (χ1) is 9.25. The molecule has 2 rings (SSSR count). The van der Waals surface area contributed by atoms with Crippen molar-refractivity contribution in [3.63, 3.8) is 0 Å². The summed E-state index contributed by atoms with van der Waals surface area (Å²) in [7, 11) is -3.01. The molecule has 0 radical (unpaired) electrons. The summed E-state index contributed by atoms with van der Waals surface area (Å²) in [5.41, 5.74) is 0.559. The largest absolute Gasteiger partial charge is 0.398 e. The molecule has 112 valence electrons. The molecule has 1 N–H and O–H groups in total. The average Bonchev–Trinajstić information content (AvgIpc) is 2.66. The highest BCUT2D eigenvalue weighted by Gasteiger charge is 2.29. The van der Waals surface area contributed by atoms with E-state index in [1.165, 1.54) is 0 Å². The van der Waals surface area contributed by atoms with Crippen molar-refractivity contribution < 1.29 is 21.6 Å². The predicted molar refractivity (Wildman–Crippen MR) is 73.9 cm³/mol. The number of hydrogen-bond acceptors (Lipinski definition) is 4. The summed E-state index contributed by atoms with van der Waals surface area (Å²) < 4.78 is 59.5. The molecular weight excluding hydrogens is 311 g/mol. The molecule has 20 heavy (non-hydrogen) atoms. The van der Waals surface area contributed by atoms with E-state index in [2.05, 4.69) is 5.32 Å². The Morgan fingerprint density at radius 2 is 2.00 bits per heavy atom. The zero-order valence-corrected chi connectivity index (χ0v) is 12.1. The predicted octanol–water partition coefficient (Wildman–Crippen LogP) is 2.94. The first-order valence-electron chi connectivity index (χ1n) is 6.01. The van der Waals surface area contributed by atoms with E-state index in [1.807, 2.05) is 0 Å². The van der Waals surface area contributed by atoms with Crippen LogP contribution in [0.2, 0.25) is 0 Å². The lowest BCUT2D eigenvalue weighted by Crippen LogP contribution is -2.21. The van der Waals surface area contributed by atoms with Crippen molar-refractivity contribution in [1.82, 2.24) is 0 Å². The van der Waals surface area contributed by atoms with E-state index in [9.17, 15) is 21.6 Å². The molecule has 8 heteroatoms. The molecule has 1 aliphatic heterocycles. The summed E-state index contributed by atoms with van der Waals surface area (Å²) in [6.45, 7) is 0. The molecule has 1 unspecified atom stereocenters. The van der Waals surface area contributed by atoms with Crippen molar-refractivity contribution in [3.05, 3.63) is 24.3 Å². The van der Waals surface area contributed by atoms with Gasteiger partial charge in [-0.25, -0.2) is 8.42 Å². The monoisotopic (exact) mass is 325 g/mol. The molecule has 0 aliphatic carbocycles. The van der Waals surface area contributed by atoms with Gasteiger partial charge in [0.05, 0.1) is 17.3 Å². The number of halogens is 3. The van der Waals surface area contributed by atoms with Crippen LogP contribution in [0.15, 0.2) is 29.2 Å². The van der Waals surface area contributed by atoms with Gasteiger partial charge in [0, 0.05) is 16.6 Å². The molecule has 1 aromatic carbocycles. The Bertz CT molecular complexity index is 572. The van der Waals surface area contributed by atoms with E-state index in [4.69, 9.17) is 0 Å². The van der Waals surface area contributed by atoms with Crippen LogP contribution < -0.4 is 5.32 Å². The van der Waals surface area contributed by atoms with Crippen molar-refractivity contribution in [2.75, 3.05) is 22.6 Å². The Kier molecular flexibility index (Phi) is 4.53. The first-order valence-corrected chi connectivity index (χ1v) is 8.81. The van der Waals surface area contributed by atoms with Gasteiger partial charge in [-0.1, -0.05) is 12.1 Å². The maximum absolute atomic E-state index is 12.3. The third-order valence-corrected chi connectivity index (χ3v) is 5.78. The van der Waals surface area contributed by atoms with Gasteiger partial charge in [-0.05, 0) is 18.6 Å². The Morgan fingerprint density at radius 3 is 2.60 bits per heavy atom. The lowest BCUT2D eigenvalue weighted by atomic mass is 10.2. The van der Waals surface area contributed by atoms with Crippen molar-refractivity contribution in [2.24, 2.45) is 0 Å². The van der Waals surface area contributed by atoms with Crippen LogP contribution in [0.4, 0.5) is 18.9 Å². The maximum Gasteiger partial charge on any atom is 0.398 e. The Hall–Kier alpha value is -0.890. The number of sulfone groups is 1. The number of alkyl halides is 3. The summed E-state index contributed by atoms with van der Waals surface area (Å²) >= 11 is 0.700. The van der Waals surface area contributed by atoms with Crippen molar-refractivity contribution in [1.29, 1.82) is 0 Å². The van der Waals surface area contributed by atoms with Gasteiger partial charge in [0.2, 0.25) is 0 Å². The van der Waals surface area contributed by atoms with Gasteiger partial charge < -0.3 is 5.32 Å². The van der Waals surface area contributed by atoms with Crippen LogP contribution in [0, 0.1) is 0 Å². The van der Waals surface area contributed by atoms with Gasteiger partial charge in [0.1, 0.15) is 0 Å². The normalized spacial score (nSPS) is 21.9. The second-order valence-corrected chi connectivity index (χ2v) is 7.89. The fourth-order valence-electron chi connectivity index (χ4n) is 2.00. The SMILES string of the molecule is O=S1(=O)CCC(Nc2ccccc2SCC(F)(F)F)C1. The summed E-state index contributed by atoms with van der Waals surface area (Å²) in [6.07, 6.45) is -3.74. The lowest BCUT2D eigenvalue weighted by molar-refractivity contribution is -0.105. The number of benzene rings is 1. The number of rotatable bonds is 4. The van der Waals surface area contributed by atoms with Crippen LogP contribution >= 0.6 is 11.8 Å². The van der Waals surface area contributed by atoms with Crippen LogP contribution in [0.1, 0.15) is 6.42 Å². The molecule has 0 amide bonds. The minimum atomic E-state index is -4.23. The Balaban J connectivity index is 2.05. The smallest absolute Gasteiger partial charge is 0.380 e. The van der Waals surface area contributed by atoms with Crippen LogP contribution in [0.3, 0.4) is 0 Å². The Labute approximate surface area is 119 Å². The van der Waals surface area contributed by atoms with E-state index >= 15 is 0 Å². The molecule has 1 aromatic rings. The highest BCUT2D eigenvalue weighted by molar-refractivity contribution is 7.99. The first kappa shape index (κ1) is 15.5. The van der Waals surface area contributed by atoms with E-state index in [0.717, 1.165) is 0 Å². The van der Waals surface area contributed by atoms with Gasteiger partial charge in [-0.2, -0.15) is 13.2 Å². The number of para-hydroxylation sites is 1. The molecule has 1 atom stereocenters. The van der Waals surface area contributed by atoms with Gasteiger partial charge in [0.15, 0.2) is 9.84 Å². The summed E-state index contributed by atoms with van der Waals surface area (Å²) in [4.78, 5) is 0.481. The molecule has 3 nitrogen and oxygen atoms in total. The zero-order chi connectivity index (χ0) is 14.8. The molecule has 0 bridgehead atoms. The minimum Gasteiger partial charge on any atom is -0.380 e. The number of anilines is 1. The molecule has 1 aliphatic rings. The zero-order valence-electron chi connectivity index (χ0n) is 10.5. The number of thioether (sulfide) groups is 1. The molecule has 1 heterocycles. The van der Waals surface area contributed by atoms with E-state index < -0.39 is 21.8 Å². The van der Waals surface area contributed by atoms with E-state index in [1.54, 1.807) is 24.3 Å². The summed E-state index contributed by atoms with van der Waals surface area (Å²) in [6, 6.07) is 6.41. The number of hydrogen-bond donors (Lipinski definition) is 1. The fourth-order valence-corrected chi connectivity index (χ4v) is 4.45. The summed E-state index contributed by atoms with van der Waals surface area (Å²) in [5, 5.41) is 3.03. The average molecular weight is 325 g/mol. The van der Waals surface area contributed by atoms with Crippen molar-refractivity contribution in [3.8, 4) is 0 Å². The molecule has 0 spiro atoms. The van der Waals surface area contributed by atoms with Crippen LogP contribution in [0.5, 0.6) is 0 Å². The van der Waals surface area contributed by atoms with Gasteiger partial charge in [-0.15, -0.1) is 11.8 Å². The quantitative estimate of drug-likeness (QED) is 0.865. The highest BCUT2D eigenvalue weighted by Crippen LogP contribution is 2.33. The topological polar surface area (TPSA) is 46.2 Å². The van der Waals surface area contributed by atoms with Gasteiger partial charge in [0.25, 0.3) is 0 Å². The molecular formula is C12H14F3NO2S2. The van der Waals surface area contributed by atoms with Crippen molar-refractivity contribution >= 4 is 27.3 Å². The second-order valence-electron chi connectivity index (χ2n) is 4.64. The van der Waals surface area contributed by atoms with Gasteiger partial charge >= 0.3 is 6.18 Å². The van der Waals surface area contributed by atoms with E-state index in [-0.39, 0.29) is 17.5 Å². The van der Waals surface area contributed by atoms with Crippen LogP contribution in [-0.2, 0) is 9.84 Å². The minimum absolute atomic E-state index is 0.0330.